The number of para-hydroxylation sites is 1. The highest BCUT2D eigenvalue weighted by Crippen LogP contribution is 2.24. The molecule has 0 fully saturated rings. The fourth-order valence-corrected chi connectivity index (χ4v) is 1.68. The molecule has 0 saturated carbocycles. The lowest BCUT2D eigenvalue weighted by Gasteiger charge is -2.04. The van der Waals surface area contributed by atoms with Crippen molar-refractivity contribution in [3.63, 3.8) is 0 Å². The van der Waals surface area contributed by atoms with Crippen molar-refractivity contribution in [3.05, 3.63) is 46.6 Å². The third-order valence-electron chi connectivity index (χ3n) is 2.37. The molecule has 18 heavy (non-hydrogen) atoms. The van der Waals surface area contributed by atoms with Gasteiger partial charge in [0, 0.05) is 0 Å². The molecule has 1 aromatic carbocycles. The maximum absolute atomic E-state index is 8.62. The minimum atomic E-state index is 0.190. The van der Waals surface area contributed by atoms with Crippen molar-refractivity contribution < 1.29 is 9.15 Å². The Morgan fingerprint density at radius 1 is 1.44 bits per heavy atom. The van der Waals surface area contributed by atoms with Crippen LogP contribution in [0.3, 0.4) is 0 Å². The van der Waals surface area contributed by atoms with Crippen LogP contribution in [-0.4, -0.2) is 4.98 Å². The molecule has 0 amide bonds. The van der Waals surface area contributed by atoms with Crippen LogP contribution < -0.4 is 4.74 Å². The predicted molar refractivity (Wildman–Crippen MR) is 66.3 cm³/mol. The van der Waals surface area contributed by atoms with Gasteiger partial charge in [0.05, 0.1) is 23.2 Å². The van der Waals surface area contributed by atoms with Gasteiger partial charge in [0.25, 0.3) is 0 Å². The van der Waals surface area contributed by atoms with Gasteiger partial charge in [-0.3, -0.25) is 0 Å². The summed E-state index contributed by atoms with van der Waals surface area (Å²) in [5.74, 6) is 1.67. The molecule has 0 aliphatic carbocycles. The third-order valence-corrected chi connectivity index (χ3v) is 2.68. The minimum Gasteiger partial charge on any atom is -0.482 e. The Balaban J connectivity index is 2.05. The Kier molecular flexibility index (Phi) is 3.85. The van der Waals surface area contributed by atoms with Gasteiger partial charge in [-0.15, -0.1) is 0 Å². The first-order valence-corrected chi connectivity index (χ1v) is 5.78. The van der Waals surface area contributed by atoms with Crippen molar-refractivity contribution in [1.29, 1.82) is 5.26 Å². The average molecular weight is 263 g/mol. The number of hydrogen-bond donors (Lipinski definition) is 0. The number of halogens is 1. The van der Waals surface area contributed by atoms with Gasteiger partial charge in [-0.25, -0.2) is 4.98 Å². The lowest BCUT2D eigenvalue weighted by atomic mass is 10.3. The summed E-state index contributed by atoms with van der Waals surface area (Å²) in [4.78, 5) is 4.19. The standard InChI is InChI=1S/C13H11ClN2O2/c1-9-11(6-7-15)16-13(18-9)8-17-12-5-3-2-4-10(12)14/h2-5H,6,8H2,1H3. The summed E-state index contributed by atoms with van der Waals surface area (Å²) in [7, 11) is 0. The highest BCUT2D eigenvalue weighted by molar-refractivity contribution is 6.32. The Bertz CT molecular complexity index is 587. The monoisotopic (exact) mass is 262 g/mol. The zero-order chi connectivity index (χ0) is 13.0. The second-order valence-corrected chi connectivity index (χ2v) is 4.07. The number of benzene rings is 1. The molecule has 0 spiro atoms. The molecule has 92 valence electrons. The second-order valence-electron chi connectivity index (χ2n) is 3.66. The van der Waals surface area contributed by atoms with Crippen molar-refractivity contribution >= 4 is 11.6 Å². The molecule has 1 heterocycles. The highest BCUT2D eigenvalue weighted by atomic mass is 35.5. The molecular weight excluding hydrogens is 252 g/mol. The molecule has 0 atom stereocenters. The van der Waals surface area contributed by atoms with Crippen LogP contribution in [0.5, 0.6) is 5.75 Å². The SMILES string of the molecule is Cc1oc(COc2ccccc2Cl)nc1CC#N. The Morgan fingerprint density at radius 3 is 2.94 bits per heavy atom. The molecule has 0 saturated heterocycles. The molecule has 5 heteroatoms. The third kappa shape index (κ3) is 2.82. The number of nitriles is 1. The zero-order valence-electron chi connectivity index (χ0n) is 9.81. The summed E-state index contributed by atoms with van der Waals surface area (Å²) < 4.78 is 10.9. The van der Waals surface area contributed by atoms with Crippen LogP contribution in [0.15, 0.2) is 28.7 Å². The van der Waals surface area contributed by atoms with E-state index < -0.39 is 0 Å². The Hall–Kier alpha value is -1.99. The smallest absolute Gasteiger partial charge is 0.232 e. The normalized spacial score (nSPS) is 10.1. The van der Waals surface area contributed by atoms with Crippen LogP contribution in [-0.2, 0) is 13.0 Å². The maximum Gasteiger partial charge on any atom is 0.232 e. The van der Waals surface area contributed by atoms with Crippen molar-refractivity contribution in [2.75, 3.05) is 0 Å². The lowest BCUT2D eigenvalue weighted by molar-refractivity contribution is 0.260. The first kappa shape index (κ1) is 12.5. The number of ether oxygens (including phenoxy) is 1. The van der Waals surface area contributed by atoms with Gasteiger partial charge in [-0.05, 0) is 19.1 Å². The van der Waals surface area contributed by atoms with Crippen LogP contribution in [0.25, 0.3) is 0 Å². The van der Waals surface area contributed by atoms with E-state index in [9.17, 15) is 0 Å². The van der Waals surface area contributed by atoms with E-state index in [2.05, 4.69) is 4.98 Å². The number of rotatable bonds is 4. The lowest BCUT2D eigenvalue weighted by Crippen LogP contribution is -1.96. The molecule has 2 rings (SSSR count). The van der Waals surface area contributed by atoms with Gasteiger partial charge < -0.3 is 9.15 Å². The van der Waals surface area contributed by atoms with E-state index in [1.165, 1.54) is 0 Å². The number of nitrogens with zero attached hydrogens (tertiary/aromatic N) is 2. The topological polar surface area (TPSA) is 59.1 Å². The fraction of sp³-hybridized carbons (Fsp3) is 0.231. The van der Waals surface area contributed by atoms with Crippen LogP contribution >= 0.6 is 11.6 Å². The van der Waals surface area contributed by atoms with E-state index >= 15 is 0 Å². The van der Waals surface area contributed by atoms with E-state index in [1.54, 1.807) is 19.1 Å². The highest BCUT2D eigenvalue weighted by Gasteiger charge is 2.10. The summed E-state index contributed by atoms with van der Waals surface area (Å²) in [6, 6.07) is 9.22. The van der Waals surface area contributed by atoms with E-state index in [-0.39, 0.29) is 13.0 Å². The summed E-state index contributed by atoms with van der Waals surface area (Å²) >= 11 is 5.96. The molecule has 1 aromatic heterocycles. The van der Waals surface area contributed by atoms with Gasteiger partial charge in [0.15, 0.2) is 6.61 Å². The Labute approximate surface area is 110 Å². The molecule has 0 radical (unpaired) electrons. The Morgan fingerprint density at radius 2 is 2.22 bits per heavy atom. The maximum atomic E-state index is 8.62. The first-order chi connectivity index (χ1) is 8.70. The first-order valence-electron chi connectivity index (χ1n) is 5.40. The van der Waals surface area contributed by atoms with Crippen LogP contribution in [0.4, 0.5) is 0 Å². The van der Waals surface area contributed by atoms with E-state index in [1.807, 2.05) is 18.2 Å². The van der Waals surface area contributed by atoms with Gasteiger partial charge in [0.1, 0.15) is 11.5 Å². The van der Waals surface area contributed by atoms with Gasteiger partial charge >= 0.3 is 0 Å². The number of aryl methyl sites for hydroxylation is 1. The molecule has 4 nitrogen and oxygen atoms in total. The van der Waals surface area contributed by atoms with Gasteiger partial charge in [-0.2, -0.15) is 5.26 Å². The molecule has 2 aromatic rings. The second kappa shape index (κ2) is 5.56. The molecular formula is C13H11ClN2O2. The molecule has 0 N–H and O–H groups in total. The van der Waals surface area contributed by atoms with Crippen molar-refractivity contribution in [1.82, 2.24) is 4.98 Å². The van der Waals surface area contributed by atoms with E-state index in [4.69, 9.17) is 26.0 Å². The van der Waals surface area contributed by atoms with E-state index in [0.717, 1.165) is 0 Å². The summed E-state index contributed by atoms with van der Waals surface area (Å²) in [6.07, 6.45) is 0.238. The quantitative estimate of drug-likeness (QED) is 0.848. The van der Waals surface area contributed by atoms with Crippen molar-refractivity contribution in [3.8, 4) is 11.8 Å². The predicted octanol–water partition coefficient (Wildman–Crippen LogP) is 3.28. The summed E-state index contributed by atoms with van der Waals surface area (Å²) in [5.41, 5.74) is 0.648. The molecule has 0 unspecified atom stereocenters. The van der Waals surface area contributed by atoms with Crippen molar-refractivity contribution in [2.45, 2.75) is 20.0 Å². The van der Waals surface area contributed by atoms with Gasteiger partial charge in [0.2, 0.25) is 5.89 Å². The minimum absolute atomic E-state index is 0.190. The summed E-state index contributed by atoms with van der Waals surface area (Å²) in [6.45, 7) is 1.97. The van der Waals surface area contributed by atoms with Crippen LogP contribution in [0.2, 0.25) is 5.02 Å². The molecule has 0 aliphatic heterocycles. The molecule has 0 aliphatic rings. The molecule has 0 bridgehead atoms. The van der Waals surface area contributed by atoms with Crippen molar-refractivity contribution in [2.24, 2.45) is 0 Å². The largest absolute Gasteiger partial charge is 0.482 e. The number of aromatic nitrogens is 1. The fourth-order valence-electron chi connectivity index (χ4n) is 1.49. The van der Waals surface area contributed by atoms with Crippen LogP contribution in [0, 0.1) is 18.3 Å². The van der Waals surface area contributed by atoms with Crippen LogP contribution in [0.1, 0.15) is 17.3 Å². The van der Waals surface area contributed by atoms with Gasteiger partial charge in [-0.1, -0.05) is 23.7 Å². The number of oxazole rings is 1. The van der Waals surface area contributed by atoms with E-state index in [0.29, 0.717) is 28.1 Å². The average Bonchev–Trinajstić information content (AvgIpc) is 2.70. The number of hydrogen-bond acceptors (Lipinski definition) is 4. The summed E-state index contributed by atoms with van der Waals surface area (Å²) in [5, 5.41) is 9.16. The zero-order valence-corrected chi connectivity index (χ0v) is 10.6.